The van der Waals surface area contributed by atoms with Crippen molar-refractivity contribution < 1.29 is 8.78 Å². The number of benzene rings is 1. The lowest BCUT2D eigenvalue weighted by Gasteiger charge is -2.45. The van der Waals surface area contributed by atoms with E-state index in [9.17, 15) is 8.78 Å². The van der Waals surface area contributed by atoms with Crippen LogP contribution in [0.2, 0.25) is 0 Å². The van der Waals surface area contributed by atoms with Crippen LogP contribution >= 0.6 is 11.6 Å². The second-order valence-corrected chi connectivity index (χ2v) is 4.58. The van der Waals surface area contributed by atoms with E-state index in [1.54, 1.807) is 0 Å². The molecule has 0 spiro atoms. The Kier molecular flexibility index (Phi) is 1.54. The monoisotopic (exact) mass is 214 g/mol. The van der Waals surface area contributed by atoms with Crippen LogP contribution in [0.15, 0.2) is 24.3 Å². The molecule has 2 aliphatic rings. The molecule has 3 heteroatoms. The van der Waals surface area contributed by atoms with E-state index in [0.29, 0.717) is 6.42 Å². The standard InChI is InChI=1S/C11H9ClF2/c12-10-9-7-4-2-1-3-6(7)5-8(9)11(10,13)14/h1-4,8-10H,5H2. The predicted octanol–water partition coefficient (Wildman–Crippen LogP) is 3.20. The van der Waals surface area contributed by atoms with Gasteiger partial charge in [-0.2, -0.15) is 0 Å². The molecule has 0 heterocycles. The summed E-state index contributed by atoms with van der Waals surface area (Å²) in [6.07, 6.45) is 0.483. The van der Waals surface area contributed by atoms with Crippen molar-refractivity contribution in [2.75, 3.05) is 0 Å². The molecule has 14 heavy (non-hydrogen) atoms. The molecule has 0 N–H and O–H groups in total. The van der Waals surface area contributed by atoms with E-state index in [4.69, 9.17) is 11.6 Å². The van der Waals surface area contributed by atoms with Crippen molar-refractivity contribution in [3.63, 3.8) is 0 Å². The summed E-state index contributed by atoms with van der Waals surface area (Å²) >= 11 is 5.72. The first-order chi connectivity index (χ1) is 6.62. The Bertz CT molecular complexity index is 389. The van der Waals surface area contributed by atoms with Gasteiger partial charge in [0, 0.05) is 11.8 Å². The van der Waals surface area contributed by atoms with E-state index < -0.39 is 17.2 Å². The molecule has 3 atom stereocenters. The zero-order valence-electron chi connectivity index (χ0n) is 7.38. The average Bonchev–Trinajstić information content (AvgIpc) is 2.54. The van der Waals surface area contributed by atoms with E-state index in [0.717, 1.165) is 11.1 Å². The summed E-state index contributed by atoms with van der Waals surface area (Å²) < 4.78 is 26.6. The fourth-order valence-corrected chi connectivity index (χ4v) is 3.16. The van der Waals surface area contributed by atoms with Gasteiger partial charge in [0.2, 0.25) is 0 Å². The Morgan fingerprint density at radius 3 is 2.79 bits per heavy atom. The van der Waals surface area contributed by atoms with Gasteiger partial charge in [0.05, 0.1) is 0 Å². The Morgan fingerprint density at radius 1 is 1.29 bits per heavy atom. The molecule has 0 bridgehead atoms. The van der Waals surface area contributed by atoms with Crippen molar-refractivity contribution in [1.82, 2.24) is 0 Å². The van der Waals surface area contributed by atoms with Gasteiger partial charge in [-0.1, -0.05) is 24.3 Å². The molecular formula is C11H9ClF2. The highest BCUT2D eigenvalue weighted by Crippen LogP contribution is 2.61. The lowest BCUT2D eigenvalue weighted by Crippen LogP contribution is -2.55. The van der Waals surface area contributed by atoms with Gasteiger partial charge in [0.15, 0.2) is 0 Å². The summed E-state index contributed by atoms with van der Waals surface area (Å²) in [4.78, 5) is 0. The number of fused-ring (bicyclic) bond motifs is 3. The van der Waals surface area contributed by atoms with Gasteiger partial charge in [0.25, 0.3) is 5.92 Å². The lowest BCUT2D eigenvalue weighted by atomic mass is 9.70. The first kappa shape index (κ1) is 8.66. The third-order valence-electron chi connectivity index (χ3n) is 3.46. The average molecular weight is 215 g/mol. The molecule has 1 aromatic carbocycles. The van der Waals surface area contributed by atoms with Crippen LogP contribution in [0, 0.1) is 5.92 Å². The third-order valence-corrected chi connectivity index (χ3v) is 4.03. The van der Waals surface area contributed by atoms with Crippen molar-refractivity contribution in [2.45, 2.75) is 23.6 Å². The molecule has 0 radical (unpaired) electrons. The van der Waals surface area contributed by atoms with Gasteiger partial charge >= 0.3 is 0 Å². The number of alkyl halides is 3. The Morgan fingerprint density at radius 2 is 2.00 bits per heavy atom. The second-order valence-electron chi connectivity index (χ2n) is 4.11. The molecule has 0 amide bonds. The Balaban J connectivity index is 2.05. The topological polar surface area (TPSA) is 0 Å². The van der Waals surface area contributed by atoms with Crippen molar-refractivity contribution in [1.29, 1.82) is 0 Å². The maximum atomic E-state index is 13.3. The SMILES string of the molecule is FC1(F)C(Cl)C2c3ccccc3CC21. The first-order valence-corrected chi connectivity index (χ1v) is 5.15. The van der Waals surface area contributed by atoms with Crippen LogP contribution in [0.5, 0.6) is 0 Å². The van der Waals surface area contributed by atoms with Gasteiger partial charge in [-0.3, -0.25) is 0 Å². The maximum absolute atomic E-state index is 13.3. The minimum atomic E-state index is -2.68. The maximum Gasteiger partial charge on any atom is 0.268 e. The molecule has 1 fully saturated rings. The summed E-state index contributed by atoms with van der Waals surface area (Å²) in [5.74, 6) is -3.35. The van der Waals surface area contributed by atoms with Crippen molar-refractivity contribution in [3.05, 3.63) is 35.4 Å². The number of hydrogen-bond donors (Lipinski definition) is 0. The highest BCUT2D eigenvalue weighted by atomic mass is 35.5. The molecule has 1 aromatic rings. The third kappa shape index (κ3) is 0.830. The molecule has 3 unspecified atom stereocenters. The first-order valence-electron chi connectivity index (χ1n) is 4.72. The van der Waals surface area contributed by atoms with E-state index in [2.05, 4.69) is 0 Å². The zero-order valence-corrected chi connectivity index (χ0v) is 8.14. The van der Waals surface area contributed by atoms with Gasteiger partial charge < -0.3 is 0 Å². The Hall–Kier alpha value is -0.630. The molecular weight excluding hydrogens is 206 g/mol. The van der Waals surface area contributed by atoms with Crippen LogP contribution in [0.25, 0.3) is 0 Å². The van der Waals surface area contributed by atoms with Crippen molar-refractivity contribution >= 4 is 11.6 Å². The van der Waals surface area contributed by atoms with Crippen LogP contribution in [0.4, 0.5) is 8.78 Å². The summed E-state index contributed by atoms with van der Waals surface area (Å²) in [7, 11) is 0. The lowest BCUT2D eigenvalue weighted by molar-refractivity contribution is -0.135. The second kappa shape index (κ2) is 2.48. The molecule has 0 saturated heterocycles. The molecule has 3 rings (SSSR count). The highest BCUT2D eigenvalue weighted by molar-refractivity contribution is 6.22. The number of hydrogen-bond acceptors (Lipinski definition) is 0. The van der Waals surface area contributed by atoms with Crippen molar-refractivity contribution in [3.8, 4) is 0 Å². The Labute approximate surface area is 85.9 Å². The quantitative estimate of drug-likeness (QED) is 0.582. The van der Waals surface area contributed by atoms with E-state index in [1.165, 1.54) is 0 Å². The van der Waals surface area contributed by atoms with Crippen LogP contribution in [-0.4, -0.2) is 11.3 Å². The molecule has 2 aliphatic carbocycles. The normalized spacial score (nSPS) is 37.2. The number of rotatable bonds is 0. The van der Waals surface area contributed by atoms with Gasteiger partial charge in [-0.25, -0.2) is 8.78 Å². The van der Waals surface area contributed by atoms with Gasteiger partial charge in [-0.05, 0) is 17.5 Å². The van der Waals surface area contributed by atoms with Gasteiger partial charge in [0.1, 0.15) is 5.38 Å². The minimum Gasteiger partial charge on any atom is -0.205 e. The highest BCUT2D eigenvalue weighted by Gasteiger charge is 2.66. The summed E-state index contributed by atoms with van der Waals surface area (Å²) in [6.45, 7) is 0. The summed E-state index contributed by atoms with van der Waals surface area (Å²) in [6, 6.07) is 7.63. The summed E-state index contributed by atoms with van der Waals surface area (Å²) in [5.41, 5.74) is 2.08. The minimum absolute atomic E-state index is 0.122. The molecule has 0 aliphatic heterocycles. The number of halogens is 3. The predicted molar refractivity (Wildman–Crippen MR) is 51.0 cm³/mol. The van der Waals surface area contributed by atoms with Crippen LogP contribution < -0.4 is 0 Å². The van der Waals surface area contributed by atoms with E-state index in [1.807, 2.05) is 24.3 Å². The molecule has 0 aromatic heterocycles. The fourth-order valence-electron chi connectivity index (χ4n) is 2.69. The van der Waals surface area contributed by atoms with E-state index in [-0.39, 0.29) is 5.92 Å². The molecule has 74 valence electrons. The van der Waals surface area contributed by atoms with Crippen molar-refractivity contribution in [2.24, 2.45) is 5.92 Å². The smallest absolute Gasteiger partial charge is 0.205 e. The zero-order chi connectivity index (χ0) is 9.92. The van der Waals surface area contributed by atoms with Crippen LogP contribution in [0.1, 0.15) is 17.0 Å². The van der Waals surface area contributed by atoms with Crippen LogP contribution in [-0.2, 0) is 6.42 Å². The molecule has 0 nitrogen and oxygen atoms in total. The fraction of sp³-hybridized carbons (Fsp3) is 0.455. The van der Waals surface area contributed by atoms with Gasteiger partial charge in [-0.15, -0.1) is 11.6 Å². The molecule has 1 saturated carbocycles. The largest absolute Gasteiger partial charge is 0.268 e. The van der Waals surface area contributed by atoms with E-state index >= 15 is 0 Å². The van der Waals surface area contributed by atoms with Crippen LogP contribution in [0.3, 0.4) is 0 Å². The summed E-state index contributed by atoms with van der Waals surface area (Å²) in [5, 5.41) is -1.00.